The maximum absolute atomic E-state index is 12.7. The molecule has 140 valence electrons. The third-order valence-electron chi connectivity index (χ3n) is 5.43. The molecular weight excluding hydrogens is 368 g/mol. The van der Waals surface area contributed by atoms with Crippen LogP contribution in [0.25, 0.3) is 11.1 Å². The van der Waals surface area contributed by atoms with Crippen LogP contribution in [0.3, 0.4) is 0 Å². The van der Waals surface area contributed by atoms with Crippen LogP contribution in [0.5, 0.6) is 0 Å². The molecule has 0 bridgehead atoms. The minimum Gasteiger partial charge on any atom is -0.322 e. The molecule has 0 saturated heterocycles. The van der Waals surface area contributed by atoms with Crippen LogP contribution in [-0.2, 0) is 11.2 Å². The standard InChI is InChI=1S/C23H20N2O2S/c26-22(17-3-1-15(2-4-17)19-10-12-28-14-19)24-20-8-7-16-9-11-25(21(16)13-20)23(27)18-5-6-18/h1-4,7-8,10,12-14,18H,5-6,9,11H2,(H,24,26). The van der Waals surface area contributed by atoms with Crippen molar-refractivity contribution in [3.8, 4) is 11.1 Å². The quantitative estimate of drug-likeness (QED) is 0.686. The lowest BCUT2D eigenvalue weighted by molar-refractivity contribution is -0.119. The van der Waals surface area contributed by atoms with Gasteiger partial charge in [-0.3, -0.25) is 9.59 Å². The first-order valence-corrected chi connectivity index (χ1v) is 10.5. The number of fused-ring (bicyclic) bond motifs is 1. The Labute approximate surface area is 167 Å². The lowest BCUT2D eigenvalue weighted by Crippen LogP contribution is -2.30. The summed E-state index contributed by atoms with van der Waals surface area (Å²) in [7, 11) is 0. The molecule has 5 heteroatoms. The molecule has 0 unspecified atom stereocenters. The number of carbonyl (C=O) groups is 2. The lowest BCUT2D eigenvalue weighted by atomic mass is 10.1. The summed E-state index contributed by atoms with van der Waals surface area (Å²) in [5.41, 5.74) is 5.72. The number of anilines is 2. The summed E-state index contributed by atoms with van der Waals surface area (Å²) >= 11 is 1.66. The Hall–Kier alpha value is -2.92. The normalized spacial score (nSPS) is 15.4. The van der Waals surface area contributed by atoms with Crippen LogP contribution >= 0.6 is 11.3 Å². The molecule has 5 rings (SSSR count). The Morgan fingerprint density at radius 2 is 1.82 bits per heavy atom. The van der Waals surface area contributed by atoms with Gasteiger partial charge in [-0.15, -0.1) is 0 Å². The molecule has 2 heterocycles. The predicted octanol–water partition coefficient (Wildman–Crippen LogP) is 4.97. The zero-order chi connectivity index (χ0) is 19.1. The molecule has 0 atom stereocenters. The van der Waals surface area contributed by atoms with Crippen LogP contribution < -0.4 is 10.2 Å². The van der Waals surface area contributed by atoms with E-state index in [0.29, 0.717) is 5.56 Å². The van der Waals surface area contributed by atoms with Crippen molar-refractivity contribution in [1.82, 2.24) is 0 Å². The molecule has 1 aromatic heterocycles. The molecule has 0 spiro atoms. The smallest absolute Gasteiger partial charge is 0.255 e. The second-order valence-electron chi connectivity index (χ2n) is 7.40. The second-order valence-corrected chi connectivity index (χ2v) is 8.18. The number of amides is 2. The van der Waals surface area contributed by atoms with Gasteiger partial charge in [0.2, 0.25) is 5.91 Å². The molecule has 1 aliphatic carbocycles. The van der Waals surface area contributed by atoms with Gasteiger partial charge >= 0.3 is 0 Å². The molecule has 1 saturated carbocycles. The third-order valence-corrected chi connectivity index (χ3v) is 6.12. The molecule has 2 amide bonds. The highest BCUT2D eigenvalue weighted by molar-refractivity contribution is 7.08. The fraction of sp³-hybridized carbons (Fsp3) is 0.217. The van der Waals surface area contributed by atoms with Crippen molar-refractivity contribution in [2.75, 3.05) is 16.8 Å². The van der Waals surface area contributed by atoms with Gasteiger partial charge in [-0.25, -0.2) is 0 Å². The van der Waals surface area contributed by atoms with E-state index in [2.05, 4.69) is 16.8 Å². The highest BCUT2D eigenvalue weighted by Gasteiger charge is 2.36. The van der Waals surface area contributed by atoms with Gasteiger partial charge < -0.3 is 10.2 Å². The first-order chi connectivity index (χ1) is 13.7. The lowest BCUT2D eigenvalue weighted by Gasteiger charge is -2.18. The summed E-state index contributed by atoms with van der Waals surface area (Å²) in [4.78, 5) is 27.0. The Morgan fingerprint density at radius 1 is 1.00 bits per heavy atom. The van der Waals surface area contributed by atoms with Crippen LogP contribution in [0.4, 0.5) is 11.4 Å². The van der Waals surface area contributed by atoms with E-state index in [9.17, 15) is 9.59 Å². The van der Waals surface area contributed by atoms with Crippen LogP contribution in [0, 0.1) is 5.92 Å². The Balaban J connectivity index is 1.33. The molecule has 1 aliphatic heterocycles. The van der Waals surface area contributed by atoms with Crippen LogP contribution in [-0.4, -0.2) is 18.4 Å². The topological polar surface area (TPSA) is 49.4 Å². The summed E-state index contributed by atoms with van der Waals surface area (Å²) in [5.74, 6) is 0.284. The SMILES string of the molecule is O=C(Nc1ccc2c(c1)N(C(=O)C1CC1)CC2)c1ccc(-c2ccsc2)cc1. The summed E-state index contributed by atoms with van der Waals surface area (Å²) < 4.78 is 0. The zero-order valence-corrected chi connectivity index (χ0v) is 16.2. The minimum atomic E-state index is -0.144. The van der Waals surface area contributed by atoms with Gasteiger partial charge in [0.05, 0.1) is 0 Å². The van der Waals surface area contributed by atoms with Gasteiger partial charge in [0, 0.05) is 29.4 Å². The van der Waals surface area contributed by atoms with Crippen LogP contribution in [0.1, 0.15) is 28.8 Å². The monoisotopic (exact) mass is 388 g/mol. The van der Waals surface area contributed by atoms with E-state index in [1.807, 2.05) is 52.7 Å². The number of nitrogens with one attached hydrogen (secondary N) is 1. The van der Waals surface area contributed by atoms with Crippen molar-refractivity contribution in [2.45, 2.75) is 19.3 Å². The fourth-order valence-electron chi connectivity index (χ4n) is 3.68. The number of nitrogens with zero attached hydrogens (tertiary/aromatic N) is 1. The number of thiophene rings is 1. The Bertz CT molecular complexity index is 1040. The number of carbonyl (C=O) groups excluding carboxylic acids is 2. The van der Waals surface area contributed by atoms with Gasteiger partial charge in [0.15, 0.2) is 0 Å². The van der Waals surface area contributed by atoms with Gasteiger partial charge in [0.25, 0.3) is 5.91 Å². The maximum Gasteiger partial charge on any atom is 0.255 e. The maximum atomic E-state index is 12.7. The number of hydrogen-bond acceptors (Lipinski definition) is 3. The molecule has 0 radical (unpaired) electrons. The second kappa shape index (κ2) is 6.91. The molecule has 4 nitrogen and oxygen atoms in total. The highest BCUT2D eigenvalue weighted by Crippen LogP contribution is 2.37. The van der Waals surface area contributed by atoms with Crippen molar-refractivity contribution in [1.29, 1.82) is 0 Å². The molecule has 1 N–H and O–H groups in total. The van der Waals surface area contributed by atoms with E-state index in [1.165, 1.54) is 5.56 Å². The summed E-state index contributed by atoms with van der Waals surface area (Å²) in [6.07, 6.45) is 2.89. The van der Waals surface area contributed by atoms with Crippen LogP contribution in [0.2, 0.25) is 0 Å². The minimum absolute atomic E-state index is 0.144. The number of benzene rings is 2. The fourth-order valence-corrected chi connectivity index (χ4v) is 4.35. The van der Waals surface area contributed by atoms with Crippen molar-refractivity contribution >= 4 is 34.5 Å². The number of rotatable bonds is 4. The van der Waals surface area contributed by atoms with E-state index in [1.54, 1.807) is 11.3 Å². The molecule has 2 aromatic carbocycles. The predicted molar refractivity (Wildman–Crippen MR) is 113 cm³/mol. The van der Waals surface area contributed by atoms with E-state index in [4.69, 9.17) is 0 Å². The summed E-state index contributed by atoms with van der Waals surface area (Å²) in [5, 5.41) is 7.11. The highest BCUT2D eigenvalue weighted by atomic mass is 32.1. The largest absolute Gasteiger partial charge is 0.322 e. The summed E-state index contributed by atoms with van der Waals surface area (Å²) in [6, 6.07) is 15.6. The zero-order valence-electron chi connectivity index (χ0n) is 15.4. The van der Waals surface area contributed by atoms with Crippen molar-refractivity contribution < 1.29 is 9.59 Å². The Kier molecular flexibility index (Phi) is 4.24. The van der Waals surface area contributed by atoms with Gasteiger partial charge in [-0.1, -0.05) is 18.2 Å². The van der Waals surface area contributed by atoms with Crippen molar-refractivity contribution in [3.63, 3.8) is 0 Å². The van der Waals surface area contributed by atoms with E-state index < -0.39 is 0 Å². The average molecular weight is 388 g/mol. The van der Waals surface area contributed by atoms with Gasteiger partial charge in [-0.2, -0.15) is 11.3 Å². The van der Waals surface area contributed by atoms with E-state index in [-0.39, 0.29) is 17.7 Å². The summed E-state index contributed by atoms with van der Waals surface area (Å²) in [6.45, 7) is 0.742. The molecule has 1 fully saturated rings. The average Bonchev–Trinajstić information content (AvgIpc) is 3.26. The number of hydrogen-bond donors (Lipinski definition) is 1. The molecule has 28 heavy (non-hydrogen) atoms. The Morgan fingerprint density at radius 3 is 2.54 bits per heavy atom. The van der Waals surface area contributed by atoms with Crippen LogP contribution in [0.15, 0.2) is 59.3 Å². The first kappa shape index (κ1) is 17.2. The molecular formula is C23H20N2O2S. The third kappa shape index (κ3) is 3.22. The van der Waals surface area contributed by atoms with E-state index in [0.717, 1.165) is 48.3 Å². The van der Waals surface area contributed by atoms with Gasteiger partial charge in [-0.05, 0) is 77.0 Å². The molecule has 3 aromatic rings. The molecule has 2 aliphatic rings. The first-order valence-electron chi connectivity index (χ1n) is 9.57. The van der Waals surface area contributed by atoms with Crippen molar-refractivity contribution in [3.05, 3.63) is 70.4 Å². The van der Waals surface area contributed by atoms with Crippen molar-refractivity contribution in [2.24, 2.45) is 5.92 Å². The van der Waals surface area contributed by atoms with E-state index >= 15 is 0 Å². The van der Waals surface area contributed by atoms with Gasteiger partial charge in [0.1, 0.15) is 0 Å².